The van der Waals surface area contributed by atoms with Gasteiger partial charge in [0.25, 0.3) is 11.8 Å². The minimum atomic E-state index is -1.06. The molecular formula is C21H20FN3O5. The maximum Gasteiger partial charge on any atom is 0.264 e. The number of amides is 4. The number of carbonyl (C=O) groups is 4. The summed E-state index contributed by atoms with van der Waals surface area (Å²) in [4.78, 5) is 52.8. The van der Waals surface area contributed by atoms with E-state index in [0.29, 0.717) is 24.9 Å². The van der Waals surface area contributed by atoms with Gasteiger partial charge in [-0.3, -0.25) is 29.4 Å². The minimum Gasteiger partial charge on any atom is -0.374 e. The molecule has 0 saturated carbocycles. The van der Waals surface area contributed by atoms with Gasteiger partial charge in [0.2, 0.25) is 11.8 Å². The van der Waals surface area contributed by atoms with Crippen molar-refractivity contribution in [1.29, 1.82) is 0 Å². The Morgan fingerprint density at radius 2 is 1.67 bits per heavy atom. The van der Waals surface area contributed by atoms with Crippen LogP contribution in [-0.2, 0) is 14.3 Å². The van der Waals surface area contributed by atoms with Crippen molar-refractivity contribution in [3.63, 3.8) is 0 Å². The van der Waals surface area contributed by atoms with Crippen LogP contribution in [0.15, 0.2) is 12.1 Å². The highest BCUT2D eigenvalue weighted by Crippen LogP contribution is 2.49. The van der Waals surface area contributed by atoms with Gasteiger partial charge >= 0.3 is 0 Å². The average Bonchev–Trinajstić information content (AvgIpc) is 3.45. The number of nitrogens with one attached hydrogen (secondary N) is 1. The van der Waals surface area contributed by atoms with Gasteiger partial charge in [-0.15, -0.1) is 0 Å². The largest absolute Gasteiger partial charge is 0.374 e. The molecule has 9 heteroatoms. The second-order valence-electron chi connectivity index (χ2n) is 8.79. The first-order valence-corrected chi connectivity index (χ1v) is 10.4. The number of benzene rings is 1. The third kappa shape index (κ3) is 2.29. The zero-order chi connectivity index (χ0) is 20.7. The van der Waals surface area contributed by atoms with E-state index in [9.17, 15) is 19.2 Å². The number of fused-ring (bicyclic) bond motifs is 6. The van der Waals surface area contributed by atoms with Gasteiger partial charge in [-0.2, -0.15) is 0 Å². The standard InChI is InChI=1S/C21H20FN3O5/c22-12-2-1-9-17(18(12)24-7-10-11(8-24)15-5-4-14(10)30-15)21(29)25(20(9)28)13-3-6-16(26)23-19(13)27/h1-2,10-11,13-15H,3-8H2,(H,23,26,27)/t10-,11+,13?,14+,15-. The summed E-state index contributed by atoms with van der Waals surface area (Å²) >= 11 is 0. The van der Waals surface area contributed by atoms with Gasteiger partial charge in [-0.05, 0) is 31.4 Å². The fourth-order valence-electron chi connectivity index (χ4n) is 5.97. The van der Waals surface area contributed by atoms with Gasteiger partial charge in [-0.25, -0.2) is 4.39 Å². The number of piperidine rings is 1. The zero-order valence-corrected chi connectivity index (χ0v) is 16.1. The number of anilines is 1. The van der Waals surface area contributed by atoms with Crippen molar-refractivity contribution in [1.82, 2.24) is 10.2 Å². The van der Waals surface area contributed by atoms with Crippen LogP contribution in [-0.4, -0.2) is 59.9 Å². The quantitative estimate of drug-likeness (QED) is 0.722. The highest BCUT2D eigenvalue weighted by molar-refractivity contribution is 6.25. The summed E-state index contributed by atoms with van der Waals surface area (Å²) in [5.74, 6) is -2.33. The summed E-state index contributed by atoms with van der Waals surface area (Å²) in [6.45, 7) is 1.16. The van der Waals surface area contributed by atoms with Crippen molar-refractivity contribution in [2.45, 2.75) is 43.9 Å². The molecule has 0 spiro atoms. The van der Waals surface area contributed by atoms with Crippen molar-refractivity contribution in [2.24, 2.45) is 11.8 Å². The molecule has 4 amide bonds. The molecule has 0 aromatic heterocycles. The lowest BCUT2D eigenvalue weighted by atomic mass is 9.82. The summed E-state index contributed by atoms with van der Waals surface area (Å²) in [5.41, 5.74) is 0.282. The topological polar surface area (TPSA) is 96.0 Å². The molecule has 5 aliphatic rings. The number of rotatable bonds is 2. The molecule has 5 atom stereocenters. The summed E-state index contributed by atoms with van der Waals surface area (Å²) in [5, 5.41) is 2.18. The van der Waals surface area contributed by atoms with Crippen LogP contribution in [0.5, 0.6) is 0 Å². The number of ether oxygens (including phenoxy) is 1. The SMILES string of the molecule is O=C1CCC(N2C(=O)c3ccc(F)c(N4C[C@@H]5[C@H](C4)[C@H]4CC[C@@H]5O4)c3C2=O)C(=O)N1. The second-order valence-corrected chi connectivity index (χ2v) is 8.79. The average molecular weight is 413 g/mol. The van der Waals surface area contributed by atoms with Crippen LogP contribution in [0.3, 0.4) is 0 Å². The number of imide groups is 2. The molecular weight excluding hydrogens is 393 g/mol. The van der Waals surface area contributed by atoms with E-state index in [2.05, 4.69) is 5.32 Å². The molecule has 8 nitrogen and oxygen atoms in total. The summed E-state index contributed by atoms with van der Waals surface area (Å²) in [6, 6.07) is 1.46. The molecule has 156 valence electrons. The molecule has 4 saturated heterocycles. The fraction of sp³-hybridized carbons (Fsp3) is 0.524. The Morgan fingerprint density at radius 1 is 0.967 bits per heavy atom. The van der Waals surface area contributed by atoms with Crippen LogP contribution in [0.2, 0.25) is 0 Å². The van der Waals surface area contributed by atoms with Gasteiger partial charge in [-0.1, -0.05) is 0 Å². The van der Waals surface area contributed by atoms with Crippen LogP contribution < -0.4 is 10.2 Å². The lowest BCUT2D eigenvalue weighted by Crippen LogP contribution is -2.54. The predicted octanol–water partition coefficient (Wildman–Crippen LogP) is 0.841. The van der Waals surface area contributed by atoms with Crippen LogP contribution in [0.1, 0.15) is 46.4 Å². The highest BCUT2D eigenvalue weighted by atomic mass is 19.1. The van der Waals surface area contributed by atoms with Crippen molar-refractivity contribution in [3.8, 4) is 0 Å². The number of halogens is 1. The predicted molar refractivity (Wildman–Crippen MR) is 100 cm³/mol. The molecule has 5 heterocycles. The molecule has 5 aliphatic heterocycles. The van der Waals surface area contributed by atoms with Crippen LogP contribution in [0.4, 0.5) is 10.1 Å². The van der Waals surface area contributed by atoms with E-state index in [1.54, 1.807) is 0 Å². The van der Waals surface area contributed by atoms with Gasteiger partial charge < -0.3 is 9.64 Å². The van der Waals surface area contributed by atoms with Crippen LogP contribution >= 0.6 is 0 Å². The first-order valence-electron chi connectivity index (χ1n) is 10.4. The normalized spacial score (nSPS) is 34.6. The van der Waals surface area contributed by atoms with Gasteiger partial charge in [0, 0.05) is 31.3 Å². The number of hydrogen-bond acceptors (Lipinski definition) is 6. The van der Waals surface area contributed by atoms with Crippen molar-refractivity contribution < 1.29 is 28.3 Å². The minimum absolute atomic E-state index is 0.0259. The Bertz CT molecular complexity index is 1010. The second kappa shape index (κ2) is 6.10. The van der Waals surface area contributed by atoms with E-state index in [1.807, 2.05) is 4.90 Å². The molecule has 0 radical (unpaired) electrons. The Labute approximate surface area is 171 Å². The zero-order valence-electron chi connectivity index (χ0n) is 16.1. The van der Waals surface area contributed by atoms with Crippen LogP contribution in [0, 0.1) is 17.7 Å². The molecule has 2 bridgehead atoms. The van der Waals surface area contributed by atoms with Gasteiger partial charge in [0.15, 0.2) is 0 Å². The van der Waals surface area contributed by atoms with E-state index in [4.69, 9.17) is 4.74 Å². The molecule has 1 aromatic rings. The highest BCUT2D eigenvalue weighted by Gasteiger charge is 2.54. The van der Waals surface area contributed by atoms with Gasteiger partial charge in [0.05, 0.1) is 29.0 Å². The molecule has 6 rings (SSSR count). The van der Waals surface area contributed by atoms with Crippen LogP contribution in [0.25, 0.3) is 0 Å². The molecule has 1 aromatic carbocycles. The fourth-order valence-corrected chi connectivity index (χ4v) is 5.97. The molecule has 30 heavy (non-hydrogen) atoms. The molecule has 4 fully saturated rings. The van der Waals surface area contributed by atoms with E-state index in [0.717, 1.165) is 17.7 Å². The Balaban J connectivity index is 1.36. The smallest absolute Gasteiger partial charge is 0.264 e. The van der Waals surface area contributed by atoms with E-state index < -0.39 is 35.5 Å². The van der Waals surface area contributed by atoms with Gasteiger partial charge in [0.1, 0.15) is 11.9 Å². The number of hydrogen-bond donors (Lipinski definition) is 1. The Kier molecular flexibility index (Phi) is 3.66. The molecule has 1 N–H and O–H groups in total. The van der Waals surface area contributed by atoms with Crippen molar-refractivity contribution in [3.05, 3.63) is 29.1 Å². The summed E-state index contributed by atoms with van der Waals surface area (Å²) < 4.78 is 21.0. The van der Waals surface area contributed by atoms with E-state index in [-0.39, 0.29) is 41.9 Å². The van der Waals surface area contributed by atoms with Crippen molar-refractivity contribution in [2.75, 3.05) is 18.0 Å². The first-order chi connectivity index (χ1) is 14.4. The summed E-state index contributed by atoms with van der Waals surface area (Å²) in [6.07, 6.45) is 2.50. The first kappa shape index (κ1) is 18.0. The summed E-state index contributed by atoms with van der Waals surface area (Å²) in [7, 11) is 0. The third-order valence-corrected chi connectivity index (χ3v) is 7.30. The maximum absolute atomic E-state index is 15.0. The maximum atomic E-state index is 15.0. The number of carbonyl (C=O) groups excluding carboxylic acids is 4. The molecule has 0 aliphatic carbocycles. The lowest BCUT2D eigenvalue weighted by Gasteiger charge is -2.28. The van der Waals surface area contributed by atoms with E-state index in [1.165, 1.54) is 12.1 Å². The molecule has 1 unspecified atom stereocenters. The Morgan fingerprint density at radius 3 is 2.33 bits per heavy atom. The monoisotopic (exact) mass is 413 g/mol. The van der Waals surface area contributed by atoms with Crippen molar-refractivity contribution >= 4 is 29.3 Å². The lowest BCUT2D eigenvalue weighted by molar-refractivity contribution is -0.136. The third-order valence-electron chi connectivity index (χ3n) is 7.30. The number of nitrogens with zero attached hydrogens (tertiary/aromatic N) is 2. The van der Waals surface area contributed by atoms with E-state index >= 15 is 4.39 Å². The Hall–Kier alpha value is -2.81.